The van der Waals surface area contributed by atoms with Crippen molar-refractivity contribution in [2.24, 2.45) is 5.41 Å². The van der Waals surface area contributed by atoms with Crippen LogP contribution in [0.4, 0.5) is 10.5 Å². The van der Waals surface area contributed by atoms with Crippen LogP contribution in [0.5, 0.6) is 5.75 Å². The summed E-state index contributed by atoms with van der Waals surface area (Å²) in [4.78, 5) is 18.4. The van der Waals surface area contributed by atoms with Crippen molar-refractivity contribution in [1.82, 2.24) is 10.3 Å². The van der Waals surface area contributed by atoms with Crippen molar-refractivity contribution in [3.63, 3.8) is 0 Å². The van der Waals surface area contributed by atoms with Crippen LogP contribution in [0.2, 0.25) is 10.0 Å². The molecule has 1 atom stereocenters. The van der Waals surface area contributed by atoms with E-state index in [9.17, 15) is 15.0 Å². The van der Waals surface area contributed by atoms with Crippen LogP contribution < -0.4 is 15.0 Å². The summed E-state index contributed by atoms with van der Waals surface area (Å²) in [6.07, 6.45) is 3.70. The first kappa shape index (κ1) is 26.6. The number of nitrogens with one attached hydrogen (secondary N) is 1. The number of carbonyl (C=O) groups is 1. The van der Waals surface area contributed by atoms with Crippen LogP contribution >= 0.6 is 23.2 Å². The van der Waals surface area contributed by atoms with Crippen LogP contribution in [0, 0.1) is 5.41 Å². The van der Waals surface area contributed by atoms with Gasteiger partial charge in [-0.1, -0.05) is 72.1 Å². The third-order valence-corrected chi connectivity index (χ3v) is 8.76. The molecule has 3 aromatic rings. The Balaban J connectivity index is 1.47. The normalized spacial score (nSPS) is 18.5. The Morgan fingerprint density at radius 3 is 2.58 bits per heavy atom. The van der Waals surface area contributed by atoms with E-state index in [0.717, 1.165) is 56.4 Å². The summed E-state index contributed by atoms with van der Waals surface area (Å²) >= 11 is 12.9. The predicted octanol–water partition coefficient (Wildman–Crippen LogP) is 6.53. The van der Waals surface area contributed by atoms with Crippen molar-refractivity contribution in [3.05, 3.63) is 75.9 Å². The van der Waals surface area contributed by atoms with Crippen molar-refractivity contribution in [1.29, 1.82) is 0 Å². The molecule has 2 aliphatic rings. The highest BCUT2D eigenvalue weighted by Crippen LogP contribution is 2.48. The number of benzene rings is 2. The standard InChI is InChI=1S/C29H31Cl2N3O4/c30-21-9-4-8-20(26(21)31)27-24(38-18-19-6-2-1-3-7-19)16-23(22(17-35)32-27)34-14-12-29(13-15-34)11-5-10-25(29)33-28(36)37/h1-4,6-9,16,25,33,35H,5,10-15,17-18H2,(H,36,37). The fraction of sp³-hybridized carbons (Fsp3) is 0.379. The maximum absolute atomic E-state index is 11.4. The van der Waals surface area contributed by atoms with Gasteiger partial charge in [-0.3, -0.25) is 0 Å². The number of amides is 1. The molecular weight excluding hydrogens is 525 g/mol. The highest BCUT2D eigenvalue weighted by Gasteiger charge is 2.45. The summed E-state index contributed by atoms with van der Waals surface area (Å²) in [5.74, 6) is 0.553. The Kier molecular flexibility index (Phi) is 7.98. The number of carboxylic acid groups (broad SMARTS) is 1. The number of ether oxygens (including phenoxy) is 1. The van der Waals surface area contributed by atoms with Gasteiger partial charge < -0.3 is 25.2 Å². The van der Waals surface area contributed by atoms with Gasteiger partial charge in [0.15, 0.2) is 0 Å². The highest BCUT2D eigenvalue weighted by atomic mass is 35.5. The molecule has 5 rings (SSSR count). The monoisotopic (exact) mass is 555 g/mol. The highest BCUT2D eigenvalue weighted by molar-refractivity contribution is 6.43. The number of pyridine rings is 1. The largest absolute Gasteiger partial charge is 0.487 e. The molecule has 2 aromatic carbocycles. The van der Waals surface area contributed by atoms with E-state index in [0.29, 0.717) is 39.4 Å². The number of halogens is 2. The molecule has 1 amide bonds. The molecule has 200 valence electrons. The van der Waals surface area contributed by atoms with Crippen molar-refractivity contribution in [2.45, 2.75) is 51.4 Å². The van der Waals surface area contributed by atoms with Gasteiger partial charge in [-0.2, -0.15) is 0 Å². The summed E-state index contributed by atoms with van der Waals surface area (Å²) < 4.78 is 6.31. The molecule has 1 aliphatic carbocycles. The third kappa shape index (κ3) is 5.41. The van der Waals surface area contributed by atoms with Gasteiger partial charge in [-0.15, -0.1) is 0 Å². The third-order valence-electron chi connectivity index (χ3n) is 7.94. The summed E-state index contributed by atoms with van der Waals surface area (Å²) in [6, 6.07) is 17.2. The van der Waals surface area contributed by atoms with Gasteiger partial charge >= 0.3 is 6.09 Å². The van der Waals surface area contributed by atoms with E-state index in [1.165, 1.54) is 0 Å². The minimum atomic E-state index is -0.957. The van der Waals surface area contributed by atoms with Crippen molar-refractivity contribution >= 4 is 35.0 Å². The number of aliphatic hydroxyl groups is 1. The molecule has 7 nitrogen and oxygen atoms in total. The lowest BCUT2D eigenvalue weighted by molar-refractivity contribution is 0.149. The molecule has 1 spiro atoms. The van der Waals surface area contributed by atoms with Crippen LogP contribution in [-0.2, 0) is 13.2 Å². The molecule has 0 bridgehead atoms. The number of piperidine rings is 1. The number of anilines is 1. The maximum Gasteiger partial charge on any atom is 0.404 e. The topological polar surface area (TPSA) is 94.9 Å². The number of hydrogen-bond acceptors (Lipinski definition) is 5. The minimum Gasteiger partial charge on any atom is -0.487 e. The molecule has 0 radical (unpaired) electrons. The van der Waals surface area contributed by atoms with Gasteiger partial charge in [0.2, 0.25) is 0 Å². The molecule has 1 aliphatic heterocycles. The number of aliphatic hydroxyl groups excluding tert-OH is 1. The van der Waals surface area contributed by atoms with Crippen LogP contribution in [0.15, 0.2) is 54.6 Å². The SMILES string of the molecule is O=C(O)NC1CCCC12CCN(c1cc(OCc3ccccc3)c(-c3cccc(Cl)c3Cl)nc1CO)CC2. The van der Waals surface area contributed by atoms with E-state index >= 15 is 0 Å². The minimum absolute atomic E-state index is 0.0188. The van der Waals surface area contributed by atoms with E-state index in [2.05, 4.69) is 10.2 Å². The summed E-state index contributed by atoms with van der Waals surface area (Å²) in [7, 11) is 0. The number of rotatable bonds is 7. The van der Waals surface area contributed by atoms with E-state index in [4.69, 9.17) is 32.9 Å². The number of hydrogen-bond donors (Lipinski definition) is 3. The zero-order chi connectivity index (χ0) is 26.7. The summed E-state index contributed by atoms with van der Waals surface area (Å²) in [6.45, 7) is 1.57. The predicted molar refractivity (Wildman–Crippen MR) is 149 cm³/mol. The van der Waals surface area contributed by atoms with Gasteiger partial charge in [0.05, 0.1) is 28.0 Å². The Morgan fingerprint density at radius 2 is 1.87 bits per heavy atom. The van der Waals surface area contributed by atoms with Crippen LogP contribution in [0.25, 0.3) is 11.3 Å². The Morgan fingerprint density at radius 1 is 1.11 bits per heavy atom. The van der Waals surface area contributed by atoms with Crippen LogP contribution in [0.3, 0.4) is 0 Å². The van der Waals surface area contributed by atoms with E-state index < -0.39 is 6.09 Å². The van der Waals surface area contributed by atoms with Gasteiger partial charge in [0.25, 0.3) is 0 Å². The molecule has 38 heavy (non-hydrogen) atoms. The molecule has 1 aromatic heterocycles. The van der Waals surface area contributed by atoms with Crippen molar-refractivity contribution in [2.75, 3.05) is 18.0 Å². The fourth-order valence-electron chi connectivity index (χ4n) is 5.94. The first-order valence-electron chi connectivity index (χ1n) is 12.9. The van der Waals surface area contributed by atoms with Gasteiger partial charge in [-0.25, -0.2) is 9.78 Å². The molecule has 3 N–H and O–H groups in total. The van der Waals surface area contributed by atoms with Gasteiger partial charge in [0, 0.05) is 30.8 Å². The van der Waals surface area contributed by atoms with E-state index in [1.54, 1.807) is 6.07 Å². The van der Waals surface area contributed by atoms with Crippen molar-refractivity contribution in [3.8, 4) is 17.0 Å². The van der Waals surface area contributed by atoms with Crippen LogP contribution in [0.1, 0.15) is 43.4 Å². The van der Waals surface area contributed by atoms with Gasteiger partial charge in [0.1, 0.15) is 18.1 Å². The average Bonchev–Trinajstić information content (AvgIpc) is 3.30. The summed E-state index contributed by atoms with van der Waals surface area (Å²) in [5, 5.41) is 23.2. The molecule has 9 heteroatoms. The van der Waals surface area contributed by atoms with Gasteiger partial charge in [-0.05, 0) is 42.7 Å². The molecule has 2 heterocycles. The Labute approximate surface area is 232 Å². The Hall–Kier alpha value is -3.00. The molecule has 2 fully saturated rings. The summed E-state index contributed by atoms with van der Waals surface area (Å²) in [5.41, 5.74) is 3.49. The molecule has 1 unspecified atom stereocenters. The van der Waals surface area contributed by atoms with E-state index in [-0.39, 0.29) is 18.1 Å². The van der Waals surface area contributed by atoms with E-state index in [1.807, 2.05) is 48.5 Å². The Bertz CT molecular complexity index is 1300. The quantitative estimate of drug-likeness (QED) is 0.306. The lowest BCUT2D eigenvalue weighted by atomic mass is 9.74. The average molecular weight is 556 g/mol. The molecular formula is C29H31Cl2N3O4. The van der Waals surface area contributed by atoms with Crippen LogP contribution in [-0.4, -0.2) is 40.4 Å². The lowest BCUT2D eigenvalue weighted by Gasteiger charge is -2.44. The first-order chi connectivity index (χ1) is 18.4. The second-order valence-electron chi connectivity index (χ2n) is 10.1. The molecule has 1 saturated carbocycles. The van der Waals surface area contributed by atoms with Crippen molar-refractivity contribution < 1.29 is 19.7 Å². The number of nitrogens with zero attached hydrogens (tertiary/aromatic N) is 2. The lowest BCUT2D eigenvalue weighted by Crippen LogP contribution is -2.50. The maximum atomic E-state index is 11.4. The smallest absolute Gasteiger partial charge is 0.404 e. The molecule has 1 saturated heterocycles. The second kappa shape index (κ2) is 11.4. The second-order valence-corrected chi connectivity index (χ2v) is 10.9. The zero-order valence-electron chi connectivity index (χ0n) is 21.0. The fourth-order valence-corrected chi connectivity index (χ4v) is 6.33. The number of aromatic nitrogens is 1. The zero-order valence-corrected chi connectivity index (χ0v) is 22.5. The first-order valence-corrected chi connectivity index (χ1v) is 13.7.